The largest absolute Gasteiger partial charge is 0.298 e. The maximum atomic E-state index is 10.6. The first-order valence-corrected chi connectivity index (χ1v) is 7.40. The van der Waals surface area contributed by atoms with E-state index in [1.165, 1.54) is 6.20 Å². The molecule has 5 nitrogen and oxygen atoms in total. The third kappa shape index (κ3) is 5.56. The molecule has 0 spiro atoms. The number of carbonyl (C=O) groups excluding carboxylic acids is 1. The molecule has 0 unspecified atom stereocenters. The van der Waals surface area contributed by atoms with Gasteiger partial charge in [0.25, 0.3) is 0 Å². The lowest BCUT2D eigenvalue weighted by Gasteiger charge is -2.00. The van der Waals surface area contributed by atoms with Crippen molar-refractivity contribution in [2.75, 3.05) is 0 Å². The topological polar surface area (TPSA) is 68.6 Å². The summed E-state index contributed by atoms with van der Waals surface area (Å²) in [5.41, 5.74) is 2.17. The van der Waals surface area contributed by atoms with Gasteiger partial charge in [-0.25, -0.2) is 19.9 Å². The number of aromatic nitrogens is 4. The molecular formula is C15H9Cl3N4O. The van der Waals surface area contributed by atoms with Crippen LogP contribution in [0.15, 0.2) is 48.8 Å². The van der Waals surface area contributed by atoms with E-state index >= 15 is 0 Å². The van der Waals surface area contributed by atoms with Crippen LogP contribution in [0.2, 0.25) is 15.7 Å². The summed E-state index contributed by atoms with van der Waals surface area (Å²) in [7, 11) is 0. The van der Waals surface area contributed by atoms with E-state index < -0.39 is 0 Å². The smallest absolute Gasteiger partial charge is 0.223 e. The maximum Gasteiger partial charge on any atom is 0.223 e. The number of rotatable bonds is 2. The summed E-state index contributed by atoms with van der Waals surface area (Å²) in [6.07, 6.45) is 3.88. The third-order valence-electron chi connectivity index (χ3n) is 2.54. The van der Waals surface area contributed by atoms with Gasteiger partial charge in [0.05, 0.1) is 5.69 Å². The van der Waals surface area contributed by atoms with Crippen LogP contribution < -0.4 is 0 Å². The Hall–Kier alpha value is -2.08. The number of hydrogen-bond donors (Lipinski definition) is 0. The Bertz CT molecular complexity index is 797. The normalized spacial score (nSPS) is 9.70. The van der Waals surface area contributed by atoms with Crippen LogP contribution in [0.4, 0.5) is 0 Å². The molecule has 0 amide bonds. The second-order valence-corrected chi connectivity index (χ2v) is 5.17. The molecule has 116 valence electrons. The molecule has 1 aromatic carbocycles. The quantitative estimate of drug-likeness (QED) is 0.381. The van der Waals surface area contributed by atoms with Gasteiger partial charge in [0.1, 0.15) is 11.4 Å². The Morgan fingerprint density at radius 2 is 1.57 bits per heavy atom. The van der Waals surface area contributed by atoms with Crippen molar-refractivity contribution in [3.8, 4) is 11.3 Å². The molecule has 2 aromatic heterocycles. The highest BCUT2D eigenvalue weighted by Crippen LogP contribution is 2.18. The number of aldehydes is 1. The SMILES string of the molecule is Clc1ccnc(Cl)n1.O=Cc1cccc(-c2ccnc(Cl)n2)c1. The van der Waals surface area contributed by atoms with Crippen LogP contribution in [0.3, 0.4) is 0 Å². The zero-order valence-corrected chi connectivity index (χ0v) is 13.8. The average molecular weight is 368 g/mol. The van der Waals surface area contributed by atoms with E-state index in [0.717, 1.165) is 11.8 Å². The van der Waals surface area contributed by atoms with Gasteiger partial charge in [0, 0.05) is 23.5 Å². The molecule has 3 rings (SSSR count). The first kappa shape index (κ1) is 17.3. The van der Waals surface area contributed by atoms with E-state index in [9.17, 15) is 4.79 Å². The van der Waals surface area contributed by atoms with Gasteiger partial charge in [0.2, 0.25) is 10.6 Å². The molecular weight excluding hydrogens is 359 g/mol. The van der Waals surface area contributed by atoms with Crippen molar-refractivity contribution in [3.63, 3.8) is 0 Å². The number of benzene rings is 1. The molecule has 8 heteroatoms. The van der Waals surface area contributed by atoms with Gasteiger partial charge < -0.3 is 0 Å². The van der Waals surface area contributed by atoms with Gasteiger partial charge in [-0.05, 0) is 41.4 Å². The second kappa shape index (κ2) is 8.53. The average Bonchev–Trinajstić information content (AvgIpc) is 2.55. The van der Waals surface area contributed by atoms with Gasteiger partial charge >= 0.3 is 0 Å². The van der Waals surface area contributed by atoms with E-state index in [4.69, 9.17) is 34.8 Å². The number of hydrogen-bond acceptors (Lipinski definition) is 5. The molecule has 23 heavy (non-hydrogen) atoms. The van der Waals surface area contributed by atoms with E-state index in [-0.39, 0.29) is 10.6 Å². The van der Waals surface area contributed by atoms with E-state index in [1.807, 2.05) is 6.07 Å². The molecule has 0 aliphatic rings. The van der Waals surface area contributed by atoms with E-state index in [1.54, 1.807) is 36.5 Å². The fourth-order valence-electron chi connectivity index (χ4n) is 1.58. The summed E-state index contributed by atoms with van der Waals surface area (Å²) in [6.45, 7) is 0. The fourth-order valence-corrected chi connectivity index (χ4v) is 2.06. The highest BCUT2D eigenvalue weighted by molar-refractivity contribution is 6.31. The van der Waals surface area contributed by atoms with Crippen molar-refractivity contribution >= 4 is 41.1 Å². The molecule has 0 N–H and O–H groups in total. The molecule has 0 aliphatic heterocycles. The van der Waals surface area contributed by atoms with E-state index in [2.05, 4.69) is 19.9 Å². The second-order valence-electron chi connectivity index (χ2n) is 4.10. The lowest BCUT2D eigenvalue weighted by atomic mass is 10.1. The molecule has 3 aromatic rings. The van der Waals surface area contributed by atoms with Crippen LogP contribution in [0.5, 0.6) is 0 Å². The van der Waals surface area contributed by atoms with Crippen molar-refractivity contribution in [2.24, 2.45) is 0 Å². The summed E-state index contributed by atoms with van der Waals surface area (Å²) >= 11 is 16.4. The monoisotopic (exact) mass is 366 g/mol. The van der Waals surface area contributed by atoms with E-state index in [0.29, 0.717) is 16.4 Å². The standard InChI is InChI=1S/C11H7ClN2O.C4H2Cl2N2/c12-11-13-5-4-10(14-11)9-3-1-2-8(6-9)7-15;5-3-1-2-7-4(6)8-3/h1-7H;1-2H. The van der Waals surface area contributed by atoms with Crippen LogP contribution in [0.1, 0.15) is 10.4 Å². The number of nitrogens with zero attached hydrogens (tertiary/aromatic N) is 4. The Kier molecular flexibility index (Phi) is 6.40. The lowest BCUT2D eigenvalue weighted by molar-refractivity contribution is 0.112. The zero-order valence-electron chi connectivity index (χ0n) is 11.5. The Morgan fingerprint density at radius 3 is 2.13 bits per heavy atom. The molecule has 2 heterocycles. The molecule has 0 bridgehead atoms. The van der Waals surface area contributed by atoms with Gasteiger partial charge in [-0.15, -0.1) is 0 Å². The van der Waals surface area contributed by atoms with Crippen molar-refractivity contribution in [1.82, 2.24) is 19.9 Å². The van der Waals surface area contributed by atoms with Gasteiger partial charge in [-0.2, -0.15) is 0 Å². The van der Waals surface area contributed by atoms with Crippen molar-refractivity contribution in [1.29, 1.82) is 0 Å². The Balaban J connectivity index is 0.000000203. The van der Waals surface area contributed by atoms with Crippen LogP contribution in [0.25, 0.3) is 11.3 Å². The summed E-state index contributed by atoms with van der Waals surface area (Å²) < 4.78 is 0. The summed E-state index contributed by atoms with van der Waals surface area (Å²) in [6, 6.07) is 10.5. The van der Waals surface area contributed by atoms with Gasteiger partial charge in [0.15, 0.2) is 0 Å². The van der Waals surface area contributed by atoms with Crippen LogP contribution >= 0.6 is 34.8 Å². The van der Waals surface area contributed by atoms with Crippen molar-refractivity contribution in [3.05, 3.63) is 70.1 Å². The number of halogens is 3. The third-order valence-corrected chi connectivity index (χ3v) is 3.11. The summed E-state index contributed by atoms with van der Waals surface area (Å²) in [5, 5.41) is 0.742. The summed E-state index contributed by atoms with van der Waals surface area (Å²) in [4.78, 5) is 25.7. The highest BCUT2D eigenvalue weighted by atomic mass is 35.5. The fraction of sp³-hybridized carbons (Fsp3) is 0. The molecule has 0 radical (unpaired) electrons. The van der Waals surface area contributed by atoms with Crippen molar-refractivity contribution < 1.29 is 4.79 Å². The predicted molar refractivity (Wildman–Crippen MR) is 89.9 cm³/mol. The summed E-state index contributed by atoms with van der Waals surface area (Å²) in [5.74, 6) is 0. The maximum absolute atomic E-state index is 10.6. The minimum atomic E-state index is 0.178. The predicted octanol–water partition coefficient (Wildman–Crippen LogP) is 4.39. The van der Waals surface area contributed by atoms with Gasteiger partial charge in [-0.1, -0.05) is 29.8 Å². The first-order chi connectivity index (χ1) is 11.1. The van der Waals surface area contributed by atoms with Crippen LogP contribution in [-0.2, 0) is 0 Å². The lowest BCUT2D eigenvalue weighted by Crippen LogP contribution is -1.87. The molecule has 0 saturated heterocycles. The Morgan fingerprint density at radius 1 is 0.870 bits per heavy atom. The minimum absolute atomic E-state index is 0.178. The zero-order chi connectivity index (χ0) is 16.7. The van der Waals surface area contributed by atoms with Crippen molar-refractivity contribution in [2.45, 2.75) is 0 Å². The highest BCUT2D eigenvalue weighted by Gasteiger charge is 2.01. The first-order valence-electron chi connectivity index (χ1n) is 6.26. The molecule has 0 atom stereocenters. The van der Waals surface area contributed by atoms with Crippen LogP contribution in [0, 0.1) is 0 Å². The van der Waals surface area contributed by atoms with Crippen LogP contribution in [-0.4, -0.2) is 26.2 Å². The number of carbonyl (C=O) groups is 1. The Labute approximate surface area is 147 Å². The molecule has 0 aliphatic carbocycles. The minimum Gasteiger partial charge on any atom is -0.298 e. The molecule has 0 fully saturated rings. The van der Waals surface area contributed by atoms with Gasteiger partial charge in [-0.3, -0.25) is 4.79 Å². The molecule has 0 saturated carbocycles.